The fraction of sp³-hybridized carbons (Fsp3) is 0.125. The van der Waals surface area contributed by atoms with E-state index in [1.807, 2.05) is 24.3 Å². The van der Waals surface area contributed by atoms with E-state index in [2.05, 4.69) is 53.2 Å². The maximum atomic E-state index is 12.2. The Kier molecular flexibility index (Phi) is 4.96. The van der Waals surface area contributed by atoms with Crippen molar-refractivity contribution in [2.45, 2.75) is 20.1 Å². The van der Waals surface area contributed by atoms with E-state index in [1.165, 1.54) is 27.9 Å². The second-order valence-corrected chi connectivity index (χ2v) is 6.72. The summed E-state index contributed by atoms with van der Waals surface area (Å²) in [5, 5.41) is 14.4. The van der Waals surface area contributed by atoms with Gasteiger partial charge in [0.25, 0.3) is 0 Å². The summed E-state index contributed by atoms with van der Waals surface area (Å²) in [4.78, 5) is 12.2. The Morgan fingerprint density at radius 2 is 1.82 bits per heavy atom. The van der Waals surface area contributed by atoms with Crippen LogP contribution in [0.25, 0.3) is 27.9 Å². The number of nitrogens with zero attached hydrogens (tertiary/aromatic N) is 1. The molecule has 4 rings (SSSR count). The van der Waals surface area contributed by atoms with E-state index in [-0.39, 0.29) is 12.5 Å². The Bertz CT molecular complexity index is 1190. The van der Waals surface area contributed by atoms with Crippen molar-refractivity contribution in [1.82, 2.24) is 4.57 Å². The average molecular weight is 370 g/mol. The Morgan fingerprint density at radius 1 is 1.00 bits per heavy atom. The normalized spacial score (nSPS) is 11.5. The lowest BCUT2D eigenvalue weighted by atomic mass is 10.1. The number of anilines is 1. The molecule has 140 valence electrons. The van der Waals surface area contributed by atoms with Gasteiger partial charge in [0.2, 0.25) is 5.91 Å². The van der Waals surface area contributed by atoms with Crippen molar-refractivity contribution in [2.75, 3.05) is 5.32 Å². The summed E-state index contributed by atoms with van der Waals surface area (Å²) in [7, 11) is 0. The predicted octanol–water partition coefficient (Wildman–Crippen LogP) is 4.96. The number of carbonyl (C=O) groups excluding carboxylic acids is 1. The monoisotopic (exact) mass is 370 g/mol. The van der Waals surface area contributed by atoms with E-state index in [9.17, 15) is 9.90 Å². The molecule has 0 atom stereocenters. The van der Waals surface area contributed by atoms with Crippen molar-refractivity contribution in [2.24, 2.45) is 0 Å². The Labute approximate surface area is 163 Å². The second-order valence-electron chi connectivity index (χ2n) is 6.72. The van der Waals surface area contributed by atoms with Crippen LogP contribution in [-0.4, -0.2) is 15.6 Å². The first kappa shape index (κ1) is 18.0. The molecule has 4 heteroatoms. The molecule has 0 aliphatic heterocycles. The number of benzene rings is 3. The maximum Gasteiger partial charge on any atom is 0.248 e. The van der Waals surface area contributed by atoms with Gasteiger partial charge in [-0.05, 0) is 54.5 Å². The van der Waals surface area contributed by atoms with Gasteiger partial charge in [0.1, 0.15) is 0 Å². The van der Waals surface area contributed by atoms with Gasteiger partial charge in [-0.15, -0.1) is 0 Å². The van der Waals surface area contributed by atoms with Crippen LogP contribution >= 0.6 is 0 Å². The lowest BCUT2D eigenvalue weighted by Crippen LogP contribution is -2.07. The van der Waals surface area contributed by atoms with Gasteiger partial charge in [-0.1, -0.05) is 36.4 Å². The van der Waals surface area contributed by atoms with Crippen molar-refractivity contribution in [3.8, 4) is 0 Å². The standard InChI is InChI=1S/C24H22N2O2/c1-2-26-22-9-4-3-8-20(22)21-15-17(10-12-23(21)26)11-13-24(28)25-19-7-5-6-18(14-19)16-27/h3-15,27H,2,16H2,1H3,(H,25,28). The minimum atomic E-state index is -0.203. The average Bonchev–Trinajstić information content (AvgIpc) is 3.05. The Hall–Kier alpha value is -3.37. The lowest BCUT2D eigenvalue weighted by molar-refractivity contribution is -0.111. The first-order valence-corrected chi connectivity index (χ1v) is 9.39. The molecule has 4 nitrogen and oxygen atoms in total. The van der Waals surface area contributed by atoms with Crippen LogP contribution in [0.3, 0.4) is 0 Å². The van der Waals surface area contributed by atoms with E-state index >= 15 is 0 Å². The molecule has 0 spiro atoms. The second kappa shape index (κ2) is 7.71. The van der Waals surface area contributed by atoms with Gasteiger partial charge in [-0.2, -0.15) is 0 Å². The zero-order chi connectivity index (χ0) is 19.5. The number of amides is 1. The van der Waals surface area contributed by atoms with Crippen LogP contribution in [0.1, 0.15) is 18.1 Å². The highest BCUT2D eigenvalue weighted by molar-refractivity contribution is 6.09. The molecule has 1 aromatic heterocycles. The third-order valence-electron chi connectivity index (χ3n) is 4.92. The highest BCUT2D eigenvalue weighted by Gasteiger charge is 2.09. The van der Waals surface area contributed by atoms with Crippen LogP contribution < -0.4 is 5.32 Å². The van der Waals surface area contributed by atoms with E-state index in [4.69, 9.17) is 0 Å². The highest BCUT2D eigenvalue weighted by atomic mass is 16.3. The van der Waals surface area contributed by atoms with Crippen LogP contribution in [0.5, 0.6) is 0 Å². The van der Waals surface area contributed by atoms with Crippen LogP contribution in [0.15, 0.2) is 72.8 Å². The number of aliphatic hydroxyl groups excluding tert-OH is 1. The predicted molar refractivity (Wildman–Crippen MR) is 115 cm³/mol. The minimum absolute atomic E-state index is 0.0507. The molecule has 2 N–H and O–H groups in total. The van der Waals surface area contributed by atoms with Gasteiger partial charge in [0, 0.05) is 40.1 Å². The molecule has 1 amide bonds. The number of nitrogens with one attached hydrogen (secondary N) is 1. The van der Waals surface area contributed by atoms with Crippen molar-refractivity contribution < 1.29 is 9.90 Å². The molecule has 0 fully saturated rings. The molecule has 28 heavy (non-hydrogen) atoms. The number of fused-ring (bicyclic) bond motifs is 3. The number of rotatable bonds is 5. The van der Waals surface area contributed by atoms with Crippen molar-refractivity contribution in [3.05, 3.63) is 83.9 Å². The fourth-order valence-corrected chi connectivity index (χ4v) is 3.62. The topological polar surface area (TPSA) is 54.3 Å². The smallest absolute Gasteiger partial charge is 0.248 e. The van der Waals surface area contributed by atoms with Crippen molar-refractivity contribution >= 4 is 39.5 Å². The molecule has 0 aliphatic carbocycles. The summed E-state index contributed by atoms with van der Waals surface area (Å²) in [6, 6.07) is 21.8. The van der Waals surface area contributed by atoms with Gasteiger partial charge in [-0.25, -0.2) is 0 Å². The Morgan fingerprint density at radius 3 is 2.64 bits per heavy atom. The number of aryl methyl sites for hydroxylation is 1. The maximum absolute atomic E-state index is 12.2. The summed E-state index contributed by atoms with van der Waals surface area (Å²) in [6.07, 6.45) is 3.36. The molecule has 0 bridgehead atoms. The SMILES string of the molecule is CCn1c2ccccc2c2cc(C=CC(=O)Nc3cccc(CO)c3)ccc21. The molecule has 0 saturated carbocycles. The molecular weight excluding hydrogens is 348 g/mol. The van der Waals surface area contributed by atoms with Crippen LogP contribution in [-0.2, 0) is 17.9 Å². The van der Waals surface area contributed by atoms with Gasteiger partial charge in [0.05, 0.1) is 6.61 Å². The molecule has 1 heterocycles. The van der Waals surface area contributed by atoms with E-state index in [0.717, 1.165) is 17.7 Å². The van der Waals surface area contributed by atoms with E-state index in [1.54, 1.807) is 12.1 Å². The zero-order valence-electron chi connectivity index (χ0n) is 15.7. The molecular formula is C24H22N2O2. The molecule has 4 aromatic rings. The molecule has 0 aliphatic rings. The van der Waals surface area contributed by atoms with Crippen LogP contribution in [0.4, 0.5) is 5.69 Å². The molecule has 3 aromatic carbocycles. The van der Waals surface area contributed by atoms with Gasteiger partial charge >= 0.3 is 0 Å². The zero-order valence-corrected chi connectivity index (χ0v) is 15.7. The molecule has 0 radical (unpaired) electrons. The third kappa shape index (κ3) is 3.42. The molecule has 0 saturated heterocycles. The number of aliphatic hydroxyl groups is 1. The third-order valence-corrected chi connectivity index (χ3v) is 4.92. The van der Waals surface area contributed by atoms with Crippen molar-refractivity contribution in [1.29, 1.82) is 0 Å². The van der Waals surface area contributed by atoms with Crippen LogP contribution in [0, 0.1) is 0 Å². The summed E-state index contributed by atoms with van der Waals surface area (Å²) >= 11 is 0. The summed E-state index contributed by atoms with van der Waals surface area (Å²) in [5.74, 6) is -0.203. The fourth-order valence-electron chi connectivity index (χ4n) is 3.62. The quantitative estimate of drug-likeness (QED) is 0.488. The van der Waals surface area contributed by atoms with Gasteiger partial charge in [0.15, 0.2) is 0 Å². The van der Waals surface area contributed by atoms with Crippen LogP contribution in [0.2, 0.25) is 0 Å². The summed E-state index contributed by atoms with van der Waals surface area (Å²) in [6.45, 7) is 3.01. The summed E-state index contributed by atoms with van der Waals surface area (Å²) in [5.41, 5.74) is 4.83. The van der Waals surface area contributed by atoms with Gasteiger partial charge < -0.3 is 15.0 Å². The lowest BCUT2D eigenvalue weighted by Gasteiger charge is -2.04. The van der Waals surface area contributed by atoms with E-state index < -0.39 is 0 Å². The van der Waals surface area contributed by atoms with Crippen molar-refractivity contribution in [3.63, 3.8) is 0 Å². The first-order chi connectivity index (χ1) is 13.7. The largest absolute Gasteiger partial charge is 0.392 e. The number of carbonyl (C=O) groups is 1. The van der Waals surface area contributed by atoms with Gasteiger partial charge in [-0.3, -0.25) is 4.79 Å². The minimum Gasteiger partial charge on any atom is -0.392 e. The number of hydrogen-bond donors (Lipinski definition) is 2. The highest BCUT2D eigenvalue weighted by Crippen LogP contribution is 2.29. The number of hydrogen-bond acceptors (Lipinski definition) is 2. The summed E-state index contributed by atoms with van der Waals surface area (Å²) < 4.78 is 2.30. The molecule has 0 unspecified atom stereocenters. The first-order valence-electron chi connectivity index (χ1n) is 9.39. The van der Waals surface area contributed by atoms with E-state index in [0.29, 0.717) is 5.69 Å². The number of para-hydroxylation sites is 1. The Balaban J connectivity index is 1.60. The number of aromatic nitrogens is 1.